The second kappa shape index (κ2) is 14.2. The molecule has 58 heavy (non-hydrogen) atoms. The van der Waals surface area contributed by atoms with Gasteiger partial charge < -0.3 is 18.6 Å². The van der Waals surface area contributed by atoms with Gasteiger partial charge in [-0.2, -0.15) is 0 Å². The van der Waals surface area contributed by atoms with Gasteiger partial charge in [0.25, 0.3) is 0 Å². The largest absolute Gasteiger partial charge is 0.310 e. The fraction of sp³-hybridized carbons (Fsp3) is 0.0370. The molecule has 0 spiro atoms. The minimum Gasteiger partial charge on any atom is -0.310 e. The normalized spacial score (nSPS) is 11.7. The second-order valence-corrected chi connectivity index (χ2v) is 14.7. The van der Waals surface area contributed by atoms with Gasteiger partial charge in [-0.3, -0.25) is 0 Å². The molecule has 10 aromatic rings. The third-order valence-electron chi connectivity index (χ3n) is 11.5. The van der Waals surface area contributed by atoms with Gasteiger partial charge in [0, 0.05) is 66.9 Å². The number of para-hydroxylation sites is 4. The van der Waals surface area contributed by atoms with Crippen LogP contribution in [0.4, 0.5) is 17.1 Å². The number of fused-ring (bicyclic) bond motifs is 6. The maximum Gasteiger partial charge on any atom is 0.0541 e. The molecule has 0 amide bonds. The molecule has 7 aromatic carbocycles. The van der Waals surface area contributed by atoms with Crippen LogP contribution in [0.25, 0.3) is 78.9 Å². The zero-order chi connectivity index (χ0) is 39.3. The molecule has 0 aliphatic carbocycles. The van der Waals surface area contributed by atoms with Gasteiger partial charge in [0.05, 0.1) is 27.8 Å². The fourth-order valence-corrected chi connectivity index (χ4v) is 8.95. The Morgan fingerprint density at radius 3 is 1.09 bits per heavy atom. The quantitative estimate of drug-likeness (QED) is 0.144. The molecule has 4 heteroatoms. The van der Waals surface area contributed by atoms with Crippen LogP contribution in [0.1, 0.15) is 29.4 Å². The SMILES string of the molecule is C=Cc1c(C)c(C=C)n(-c2ccc(N(c3ccc(-n4c5ccccc5c5ccccc54)cc3)c3ccc(-n4c5ccccc5c5ccccc54)cc3)cc2)c1/C=C\C. The summed E-state index contributed by atoms with van der Waals surface area (Å²) in [6, 6.07) is 61.3. The number of aromatic nitrogens is 3. The Labute approximate surface area is 338 Å². The highest BCUT2D eigenvalue weighted by Crippen LogP contribution is 2.39. The van der Waals surface area contributed by atoms with Crippen molar-refractivity contribution in [1.29, 1.82) is 0 Å². The molecule has 4 nitrogen and oxygen atoms in total. The van der Waals surface area contributed by atoms with Crippen LogP contribution >= 0.6 is 0 Å². The first-order valence-electron chi connectivity index (χ1n) is 19.8. The summed E-state index contributed by atoms with van der Waals surface area (Å²) < 4.78 is 7.00. The average Bonchev–Trinajstić information content (AvgIpc) is 3.89. The summed E-state index contributed by atoms with van der Waals surface area (Å²) >= 11 is 0. The molecule has 0 aliphatic heterocycles. The molecule has 0 saturated carbocycles. The van der Waals surface area contributed by atoms with E-state index < -0.39 is 0 Å². The average molecular weight is 747 g/mol. The number of anilines is 3. The minimum absolute atomic E-state index is 1.05. The van der Waals surface area contributed by atoms with E-state index in [9.17, 15) is 0 Å². The lowest BCUT2D eigenvalue weighted by Crippen LogP contribution is -2.11. The van der Waals surface area contributed by atoms with E-state index in [4.69, 9.17) is 0 Å². The van der Waals surface area contributed by atoms with Crippen LogP contribution < -0.4 is 4.90 Å². The van der Waals surface area contributed by atoms with Crippen molar-refractivity contribution in [2.45, 2.75) is 13.8 Å². The molecule has 0 saturated heterocycles. The summed E-state index contributed by atoms with van der Waals surface area (Å²) in [6.07, 6.45) is 8.10. The number of hydrogen-bond acceptors (Lipinski definition) is 1. The molecule has 0 fully saturated rings. The van der Waals surface area contributed by atoms with Crippen LogP contribution in [0.5, 0.6) is 0 Å². The summed E-state index contributed by atoms with van der Waals surface area (Å²) in [7, 11) is 0. The standard InChI is InChI=1S/C54H42N4/c1-5-16-50-44(6-2)37(4)49(7-3)56(50)41-31-25-38(26-32-41)55(39-27-33-42(34-28-39)57-51-21-12-8-17-45(51)46-18-9-13-22-52(46)57)40-29-35-43(36-30-40)58-53-23-14-10-19-47(53)48-20-11-15-24-54(48)58/h5-36H,2-3H2,1,4H3/b16-5-. The Kier molecular flexibility index (Phi) is 8.53. The van der Waals surface area contributed by atoms with Crippen molar-refractivity contribution in [3.05, 3.63) is 212 Å². The molecule has 278 valence electrons. The maximum atomic E-state index is 4.18. The van der Waals surface area contributed by atoms with Crippen molar-refractivity contribution in [2.75, 3.05) is 4.90 Å². The van der Waals surface area contributed by atoms with Gasteiger partial charge >= 0.3 is 0 Å². The van der Waals surface area contributed by atoms with Crippen LogP contribution in [0.2, 0.25) is 0 Å². The number of allylic oxidation sites excluding steroid dienone is 1. The Bertz CT molecular complexity index is 2940. The van der Waals surface area contributed by atoms with Crippen molar-refractivity contribution in [2.24, 2.45) is 0 Å². The molecule has 0 N–H and O–H groups in total. The maximum absolute atomic E-state index is 4.18. The minimum atomic E-state index is 1.05. The fourth-order valence-electron chi connectivity index (χ4n) is 8.95. The number of nitrogens with zero attached hydrogens (tertiary/aromatic N) is 4. The van der Waals surface area contributed by atoms with Gasteiger partial charge in [-0.1, -0.05) is 98.1 Å². The monoisotopic (exact) mass is 746 g/mol. The number of hydrogen-bond donors (Lipinski definition) is 0. The van der Waals surface area contributed by atoms with E-state index in [0.29, 0.717) is 0 Å². The highest BCUT2D eigenvalue weighted by molar-refractivity contribution is 6.10. The van der Waals surface area contributed by atoms with Crippen molar-refractivity contribution in [3.8, 4) is 17.1 Å². The number of benzene rings is 7. The topological polar surface area (TPSA) is 18.0 Å². The van der Waals surface area contributed by atoms with Gasteiger partial charge in [-0.25, -0.2) is 0 Å². The molecule has 0 radical (unpaired) electrons. The summed E-state index contributed by atoms with van der Waals surface area (Å²) in [5.74, 6) is 0. The first kappa shape index (κ1) is 34.9. The Balaban J connectivity index is 1.11. The molecule has 0 unspecified atom stereocenters. The molecule has 0 bridgehead atoms. The highest BCUT2D eigenvalue weighted by atomic mass is 15.1. The zero-order valence-electron chi connectivity index (χ0n) is 32.7. The van der Waals surface area contributed by atoms with E-state index in [1.165, 1.54) is 43.6 Å². The Morgan fingerprint density at radius 2 is 0.759 bits per heavy atom. The van der Waals surface area contributed by atoms with E-state index >= 15 is 0 Å². The van der Waals surface area contributed by atoms with E-state index in [2.05, 4.69) is 221 Å². The van der Waals surface area contributed by atoms with Gasteiger partial charge in [0.1, 0.15) is 0 Å². The lowest BCUT2D eigenvalue weighted by Gasteiger charge is -2.26. The molecule has 10 rings (SSSR count). The third kappa shape index (κ3) is 5.45. The van der Waals surface area contributed by atoms with Gasteiger partial charge in [-0.05, 0) is 129 Å². The van der Waals surface area contributed by atoms with Crippen molar-refractivity contribution in [1.82, 2.24) is 13.7 Å². The van der Waals surface area contributed by atoms with E-state index in [-0.39, 0.29) is 0 Å². The van der Waals surface area contributed by atoms with Crippen LogP contribution in [0, 0.1) is 6.92 Å². The molecule has 3 aromatic heterocycles. The zero-order valence-corrected chi connectivity index (χ0v) is 32.7. The predicted octanol–water partition coefficient (Wildman–Crippen LogP) is 14.8. The summed E-state index contributed by atoms with van der Waals surface area (Å²) in [4.78, 5) is 2.34. The van der Waals surface area contributed by atoms with E-state index in [1.54, 1.807) is 0 Å². The Hall–Kier alpha value is -7.56. The van der Waals surface area contributed by atoms with Crippen LogP contribution in [-0.4, -0.2) is 13.7 Å². The molecule has 3 heterocycles. The summed E-state index contributed by atoms with van der Waals surface area (Å²) in [5.41, 5.74) is 15.7. The van der Waals surface area contributed by atoms with Crippen molar-refractivity contribution in [3.63, 3.8) is 0 Å². The van der Waals surface area contributed by atoms with Crippen molar-refractivity contribution < 1.29 is 0 Å². The van der Waals surface area contributed by atoms with Gasteiger partial charge in [0.2, 0.25) is 0 Å². The smallest absolute Gasteiger partial charge is 0.0541 e. The first-order chi connectivity index (χ1) is 28.6. The van der Waals surface area contributed by atoms with Gasteiger partial charge in [-0.15, -0.1) is 0 Å². The van der Waals surface area contributed by atoms with Crippen molar-refractivity contribution >= 4 is 78.9 Å². The number of rotatable bonds is 9. The van der Waals surface area contributed by atoms with Gasteiger partial charge in [0.15, 0.2) is 0 Å². The molecular formula is C54H42N4. The predicted molar refractivity (Wildman–Crippen MR) is 249 cm³/mol. The van der Waals surface area contributed by atoms with E-state index in [0.717, 1.165) is 56.6 Å². The molecule has 0 atom stereocenters. The van der Waals surface area contributed by atoms with E-state index in [1.807, 2.05) is 19.1 Å². The third-order valence-corrected chi connectivity index (χ3v) is 11.5. The lowest BCUT2D eigenvalue weighted by atomic mass is 10.1. The summed E-state index contributed by atoms with van der Waals surface area (Å²) in [5, 5.41) is 5.01. The van der Waals surface area contributed by atoms with Crippen LogP contribution in [0.15, 0.2) is 189 Å². The van der Waals surface area contributed by atoms with Crippen LogP contribution in [-0.2, 0) is 0 Å². The lowest BCUT2D eigenvalue weighted by molar-refractivity contribution is 1.04. The second-order valence-electron chi connectivity index (χ2n) is 14.7. The van der Waals surface area contributed by atoms with Crippen LogP contribution in [0.3, 0.4) is 0 Å². The summed E-state index contributed by atoms with van der Waals surface area (Å²) in [6.45, 7) is 12.5. The highest BCUT2D eigenvalue weighted by Gasteiger charge is 2.19. The first-order valence-corrected chi connectivity index (χ1v) is 19.8. The molecule has 0 aliphatic rings. The Morgan fingerprint density at radius 1 is 0.414 bits per heavy atom. The molecular weight excluding hydrogens is 705 g/mol.